The minimum atomic E-state index is 0. The number of hydrogen-bond acceptors (Lipinski definition) is 7. The average molecular weight is 440 g/mol. The molecule has 0 unspecified atom stereocenters. The van der Waals surface area contributed by atoms with Crippen LogP contribution in [-0.4, -0.2) is 23.3 Å². The molecule has 9 heteroatoms. The molecule has 4 aromatic rings. The molecule has 0 amide bonds. The molecule has 2 aromatic carbocycles. The first-order chi connectivity index (χ1) is 13.0. The predicted octanol–water partition coefficient (Wildman–Crippen LogP) is 1.56. The van der Waals surface area contributed by atoms with E-state index < -0.39 is 0 Å². The number of benzene rings is 2. The number of thiophene rings is 2. The predicted molar refractivity (Wildman–Crippen MR) is 113 cm³/mol. The first-order valence-electron chi connectivity index (χ1n) is 7.84. The van der Waals surface area contributed by atoms with Crippen LogP contribution in [0.2, 0.25) is 0 Å². The van der Waals surface area contributed by atoms with Gasteiger partial charge >= 0.3 is 31.2 Å². The number of hydrogen-bond donors (Lipinski definition) is 0. The summed E-state index contributed by atoms with van der Waals surface area (Å²) in [5, 5.41) is 7.21. The van der Waals surface area contributed by atoms with Crippen molar-refractivity contribution in [3.63, 3.8) is 0 Å². The Balaban J connectivity index is -0.000000359. The molecule has 0 spiro atoms. The van der Waals surface area contributed by atoms with Gasteiger partial charge in [0.1, 0.15) is 0 Å². The summed E-state index contributed by atoms with van der Waals surface area (Å²) in [6, 6.07) is 15.1. The summed E-state index contributed by atoms with van der Waals surface area (Å²) in [7, 11) is 0. The van der Waals surface area contributed by atoms with Crippen LogP contribution < -0.4 is 18.9 Å². The third-order valence-electron chi connectivity index (χ3n) is 3.60. The van der Waals surface area contributed by atoms with Crippen molar-refractivity contribution >= 4 is 55.1 Å². The molecule has 30 heavy (non-hydrogen) atoms. The fourth-order valence-corrected chi connectivity index (χ4v) is 4.36. The molecule has 0 bridgehead atoms. The monoisotopic (exact) mass is 440 g/mol. The van der Waals surface area contributed by atoms with Gasteiger partial charge in [-0.05, 0) is 71.1 Å². The number of aryl methyl sites for hydroxylation is 3. The van der Waals surface area contributed by atoms with Crippen molar-refractivity contribution in [1.82, 2.24) is 0 Å². The zero-order valence-corrected chi connectivity index (χ0v) is 18.7. The first kappa shape index (κ1) is 32.3. The van der Waals surface area contributed by atoms with Crippen LogP contribution >= 0.6 is 22.7 Å². The van der Waals surface area contributed by atoms with Crippen molar-refractivity contribution in [1.29, 1.82) is 0 Å². The van der Waals surface area contributed by atoms with Crippen LogP contribution in [-0.2, 0) is 19.2 Å². The summed E-state index contributed by atoms with van der Waals surface area (Å²) in [5.74, 6) is 0. The van der Waals surface area contributed by atoms with E-state index in [1.165, 1.54) is 36.9 Å². The smallest absolute Gasteiger partial charge is 0.870 e. The number of rotatable bonds is 0. The van der Waals surface area contributed by atoms with Crippen molar-refractivity contribution in [3.8, 4) is 0 Å². The van der Waals surface area contributed by atoms with Gasteiger partial charge in [0.15, 0.2) is 0 Å². The van der Waals surface area contributed by atoms with Gasteiger partial charge in [-0.1, -0.05) is 30.3 Å². The van der Waals surface area contributed by atoms with Gasteiger partial charge in [-0.15, -0.1) is 22.7 Å². The van der Waals surface area contributed by atoms with Gasteiger partial charge in [0.25, 0.3) is 0 Å². The Hall–Kier alpha value is -2.36. The molecule has 2 heterocycles. The summed E-state index contributed by atoms with van der Waals surface area (Å²) in [6.45, 7) is 6.45. The summed E-state index contributed by atoms with van der Waals surface area (Å²) in [4.78, 5) is 32.5. The summed E-state index contributed by atoms with van der Waals surface area (Å²) in [6.07, 6.45) is 0.500. The average Bonchev–Trinajstić information content (AvgIpc) is 3.20. The maximum atomic E-state index is 8.12. The summed E-state index contributed by atoms with van der Waals surface area (Å²) >= 11 is 3.64. The molecule has 0 radical (unpaired) electrons. The summed E-state index contributed by atoms with van der Waals surface area (Å²) in [5.41, 5.74) is 4.13. The second-order valence-corrected chi connectivity index (χ2v) is 7.32. The van der Waals surface area contributed by atoms with Crippen LogP contribution in [0.5, 0.6) is 0 Å². The third kappa shape index (κ3) is 9.90. The molecule has 0 saturated heterocycles. The minimum absolute atomic E-state index is 0. The Morgan fingerprint density at radius 2 is 1.13 bits per heavy atom. The fraction of sp³-hybridized carbons (Fsp3) is 0.143. The maximum absolute atomic E-state index is 8.12. The van der Waals surface area contributed by atoms with Gasteiger partial charge in [0.05, 0.1) is 0 Å². The molecule has 6 nitrogen and oxygen atoms in total. The van der Waals surface area contributed by atoms with Gasteiger partial charge in [-0.25, -0.2) is 0 Å². The van der Waals surface area contributed by atoms with E-state index in [9.17, 15) is 0 Å². The molecule has 0 saturated carbocycles. The molecule has 0 aliphatic carbocycles. The Morgan fingerprint density at radius 1 is 0.700 bits per heavy atom. The minimum Gasteiger partial charge on any atom is -0.870 e. The molecule has 3 N–H and O–H groups in total. The van der Waals surface area contributed by atoms with E-state index in [0.29, 0.717) is 0 Å². The van der Waals surface area contributed by atoms with Crippen molar-refractivity contribution in [2.45, 2.75) is 20.8 Å². The third-order valence-corrected chi connectivity index (χ3v) is 5.74. The molecule has 4 rings (SSSR count). The van der Waals surface area contributed by atoms with E-state index in [0.717, 1.165) is 0 Å². The van der Waals surface area contributed by atoms with E-state index in [1.54, 1.807) is 0 Å². The number of carbonyl (C=O) groups excluding carboxylic acids is 4. The van der Waals surface area contributed by atoms with Crippen LogP contribution in [0, 0.1) is 20.8 Å². The first-order valence-corrected chi connectivity index (χ1v) is 9.60. The Bertz CT molecular complexity index is 1060. The van der Waals surface area contributed by atoms with Crippen LogP contribution in [0.4, 0.5) is 0 Å². The molecular formula is C21H21LiO6S2. The van der Waals surface area contributed by atoms with Gasteiger partial charge in [0, 0.05) is 9.40 Å². The van der Waals surface area contributed by atoms with Crippen LogP contribution in [0.15, 0.2) is 53.2 Å². The van der Waals surface area contributed by atoms with E-state index in [4.69, 9.17) is 19.2 Å². The van der Waals surface area contributed by atoms with Crippen LogP contribution in [0.1, 0.15) is 16.7 Å². The van der Waals surface area contributed by atoms with Crippen molar-refractivity contribution in [2.75, 3.05) is 0 Å². The normalized spacial score (nSPS) is 7.97. The zero-order valence-electron chi connectivity index (χ0n) is 17.1. The van der Waals surface area contributed by atoms with E-state index in [2.05, 4.69) is 74.0 Å². The Kier molecular flexibility index (Phi) is 18.8. The maximum Gasteiger partial charge on any atom is 1.00 e. The SMILES string of the molecule is Cc1ccc2c(C)csc2c1.Cc1csc2ccccc12.O.O=C=O.O=C=O.[Li+].[OH-]. The second-order valence-electron chi connectivity index (χ2n) is 5.50. The van der Waals surface area contributed by atoms with E-state index in [1.807, 2.05) is 22.7 Å². The molecule has 0 atom stereocenters. The van der Waals surface area contributed by atoms with E-state index in [-0.39, 0.29) is 42.1 Å². The standard InChI is InChI=1S/C10H10S.C9H8S.2CO2.Li.2H2O/c1-7-3-4-9-8(2)6-11-10(9)5-7;1-7-6-10-9-5-3-2-4-8(7)9;2*2-1-3;;;/h3-6H,1-2H3;2-6H,1H3;;;;2*1H2/q;;;;+1;;/p-1. The van der Waals surface area contributed by atoms with Gasteiger partial charge < -0.3 is 11.0 Å². The van der Waals surface area contributed by atoms with Crippen molar-refractivity contribution in [2.24, 2.45) is 0 Å². The van der Waals surface area contributed by atoms with Crippen LogP contribution in [0.3, 0.4) is 0 Å². The van der Waals surface area contributed by atoms with Crippen molar-refractivity contribution in [3.05, 3.63) is 69.9 Å². The fourth-order valence-electron chi connectivity index (χ4n) is 2.38. The quantitative estimate of drug-likeness (QED) is 0.383. The molecule has 0 fully saturated rings. The topological polar surface area (TPSA) is 130 Å². The van der Waals surface area contributed by atoms with E-state index >= 15 is 0 Å². The second kappa shape index (κ2) is 17.5. The molecule has 0 aliphatic heterocycles. The van der Waals surface area contributed by atoms with Gasteiger partial charge in [-0.3, -0.25) is 0 Å². The molecule has 2 aromatic heterocycles. The molecular weight excluding hydrogens is 419 g/mol. The van der Waals surface area contributed by atoms with Gasteiger partial charge in [0.2, 0.25) is 0 Å². The largest absolute Gasteiger partial charge is 1.00 e. The Labute approximate surface area is 194 Å². The molecule has 154 valence electrons. The van der Waals surface area contributed by atoms with Crippen molar-refractivity contribution < 1.29 is 49.0 Å². The summed E-state index contributed by atoms with van der Waals surface area (Å²) < 4.78 is 2.79. The zero-order chi connectivity index (χ0) is 20.2. The van der Waals surface area contributed by atoms with Crippen LogP contribution in [0.25, 0.3) is 20.2 Å². The van der Waals surface area contributed by atoms with Gasteiger partial charge in [-0.2, -0.15) is 19.2 Å². The molecule has 0 aliphatic rings. The number of fused-ring (bicyclic) bond motifs is 2. The Morgan fingerprint density at radius 3 is 1.63 bits per heavy atom.